The van der Waals surface area contributed by atoms with Gasteiger partial charge in [0.15, 0.2) is 5.69 Å². The number of aromatic nitrogens is 1. The average Bonchev–Trinajstić information content (AvgIpc) is 2.62. The highest BCUT2D eigenvalue weighted by atomic mass is 79.9. The summed E-state index contributed by atoms with van der Waals surface area (Å²) in [6.45, 7) is 1.97. The molecular formula is C12H15BrF3NO3. The maximum Gasteiger partial charge on any atom is 0.435 e. The summed E-state index contributed by atoms with van der Waals surface area (Å²) in [5, 5.41) is 9.02. The third kappa shape index (κ3) is 3.28. The van der Waals surface area contributed by atoms with Gasteiger partial charge >= 0.3 is 12.1 Å². The molecule has 0 aromatic carbocycles. The van der Waals surface area contributed by atoms with Gasteiger partial charge in [-0.2, -0.15) is 17.9 Å². The van der Waals surface area contributed by atoms with Crippen molar-refractivity contribution in [2.75, 3.05) is 7.11 Å². The topological polar surface area (TPSA) is 51.5 Å². The zero-order valence-corrected chi connectivity index (χ0v) is 12.6. The van der Waals surface area contributed by atoms with Crippen LogP contribution >= 0.6 is 15.9 Å². The molecule has 1 heterocycles. The van der Waals surface area contributed by atoms with Gasteiger partial charge in [-0.1, -0.05) is 19.8 Å². The summed E-state index contributed by atoms with van der Waals surface area (Å²) < 4.78 is 39.6. The summed E-state index contributed by atoms with van der Waals surface area (Å²) in [6.07, 6.45) is -2.11. The summed E-state index contributed by atoms with van der Waals surface area (Å²) in [5.41, 5.74) is -1.93. The van der Waals surface area contributed by atoms with Gasteiger partial charge in [-0.05, 0) is 28.8 Å². The van der Waals surface area contributed by atoms with Gasteiger partial charge in [-0.25, -0.2) is 4.79 Å². The van der Waals surface area contributed by atoms with E-state index in [2.05, 4.69) is 15.9 Å². The summed E-state index contributed by atoms with van der Waals surface area (Å²) in [5.74, 6) is -1.64. The van der Waals surface area contributed by atoms with Crippen molar-refractivity contribution >= 4 is 21.9 Å². The number of aromatic carboxylic acids is 1. The molecule has 1 aromatic rings. The second kappa shape index (κ2) is 6.51. The fourth-order valence-electron chi connectivity index (χ4n) is 1.98. The molecule has 0 saturated carbocycles. The lowest BCUT2D eigenvalue weighted by Gasteiger charge is -2.13. The molecule has 0 aliphatic carbocycles. The lowest BCUT2D eigenvalue weighted by molar-refractivity contribution is -0.151. The molecule has 0 amide bonds. The minimum atomic E-state index is -4.81. The molecule has 0 unspecified atom stereocenters. The molecule has 0 atom stereocenters. The van der Waals surface area contributed by atoms with E-state index in [9.17, 15) is 18.0 Å². The second-order valence-electron chi connectivity index (χ2n) is 4.22. The normalized spacial score (nSPS) is 11.7. The smallest absolute Gasteiger partial charge is 0.435 e. The predicted octanol–water partition coefficient (Wildman–Crippen LogP) is 3.76. The molecule has 1 N–H and O–H groups in total. The van der Waals surface area contributed by atoms with Crippen molar-refractivity contribution in [3.05, 3.63) is 21.4 Å². The first-order valence-electron chi connectivity index (χ1n) is 6.03. The number of unbranched alkanes of at least 4 members (excludes halogenated alkanes) is 2. The minimum absolute atomic E-state index is 0.0738. The molecule has 0 aliphatic heterocycles. The van der Waals surface area contributed by atoms with E-state index in [4.69, 9.17) is 9.94 Å². The first-order valence-corrected chi connectivity index (χ1v) is 6.83. The number of carbonyl (C=O) groups is 1. The number of hydrogen-bond acceptors (Lipinski definition) is 2. The lowest BCUT2D eigenvalue weighted by atomic mass is 10.1. The molecule has 0 bridgehead atoms. The van der Waals surface area contributed by atoms with E-state index in [1.807, 2.05) is 6.92 Å². The molecular weight excluding hydrogens is 343 g/mol. The van der Waals surface area contributed by atoms with Gasteiger partial charge in [0, 0.05) is 0 Å². The van der Waals surface area contributed by atoms with Gasteiger partial charge < -0.3 is 9.94 Å². The van der Waals surface area contributed by atoms with E-state index < -0.39 is 23.4 Å². The molecule has 0 radical (unpaired) electrons. The van der Waals surface area contributed by atoms with Crippen molar-refractivity contribution in [1.82, 2.24) is 4.73 Å². The molecule has 114 valence electrons. The van der Waals surface area contributed by atoms with Crippen molar-refractivity contribution < 1.29 is 27.9 Å². The van der Waals surface area contributed by atoms with Crippen LogP contribution in [0, 0.1) is 0 Å². The monoisotopic (exact) mass is 357 g/mol. The standard InChI is InChI=1S/C12H15BrF3NO3/c1-3-4-5-6-7-9(13)8(11(18)19)10(12(14,15)16)17(7)20-2/h3-6H2,1-2H3,(H,18,19). The number of hydrogen-bond donors (Lipinski definition) is 1. The Balaban J connectivity index is 3.41. The number of rotatable bonds is 6. The Morgan fingerprint density at radius 3 is 2.40 bits per heavy atom. The van der Waals surface area contributed by atoms with Crippen molar-refractivity contribution in [2.24, 2.45) is 0 Å². The third-order valence-corrected chi connectivity index (χ3v) is 3.69. The van der Waals surface area contributed by atoms with Crippen LogP contribution in [0.15, 0.2) is 4.47 Å². The van der Waals surface area contributed by atoms with Crippen LogP contribution in [0.25, 0.3) is 0 Å². The molecule has 0 fully saturated rings. The Kier molecular flexibility index (Phi) is 5.50. The zero-order valence-electron chi connectivity index (χ0n) is 11.1. The summed E-state index contributed by atoms with van der Waals surface area (Å²) >= 11 is 2.96. The van der Waals surface area contributed by atoms with Crippen LogP contribution in [0.1, 0.15) is 47.9 Å². The Labute approximate surface area is 122 Å². The Hall–Kier alpha value is -1.18. The van der Waals surface area contributed by atoms with Gasteiger partial charge in [-0.3, -0.25) is 0 Å². The SMILES string of the molecule is CCCCCc1c(Br)c(C(=O)O)c(C(F)(F)F)n1OC. The molecule has 1 aromatic heterocycles. The van der Waals surface area contributed by atoms with Crippen LogP contribution in [0.2, 0.25) is 0 Å². The van der Waals surface area contributed by atoms with Crippen LogP contribution < -0.4 is 4.84 Å². The summed E-state index contributed by atoms with van der Waals surface area (Å²) in [4.78, 5) is 15.9. The van der Waals surface area contributed by atoms with Gasteiger partial charge in [0.2, 0.25) is 0 Å². The lowest BCUT2D eigenvalue weighted by Crippen LogP contribution is -2.22. The number of nitrogens with zero attached hydrogens (tertiary/aromatic N) is 1. The molecule has 0 saturated heterocycles. The number of alkyl halides is 3. The summed E-state index contributed by atoms with van der Waals surface area (Å²) in [6, 6.07) is 0. The van der Waals surface area contributed by atoms with E-state index in [-0.39, 0.29) is 10.2 Å². The van der Waals surface area contributed by atoms with Crippen LogP contribution in [-0.2, 0) is 12.6 Å². The highest BCUT2D eigenvalue weighted by Gasteiger charge is 2.43. The van der Waals surface area contributed by atoms with Crippen molar-refractivity contribution in [2.45, 2.75) is 38.8 Å². The number of carboxylic acid groups (broad SMARTS) is 1. The van der Waals surface area contributed by atoms with Crippen molar-refractivity contribution in [3.63, 3.8) is 0 Å². The fraction of sp³-hybridized carbons (Fsp3) is 0.583. The van der Waals surface area contributed by atoms with Crippen LogP contribution in [0.5, 0.6) is 0 Å². The molecule has 20 heavy (non-hydrogen) atoms. The molecule has 0 spiro atoms. The van der Waals surface area contributed by atoms with E-state index in [0.717, 1.165) is 20.0 Å². The zero-order chi connectivity index (χ0) is 15.5. The van der Waals surface area contributed by atoms with Gasteiger partial charge in [0.1, 0.15) is 12.7 Å². The third-order valence-electron chi connectivity index (χ3n) is 2.84. The van der Waals surface area contributed by atoms with Crippen LogP contribution in [0.4, 0.5) is 13.2 Å². The Bertz CT molecular complexity index is 497. The Morgan fingerprint density at radius 2 is 2.00 bits per heavy atom. The first kappa shape index (κ1) is 16.9. The van der Waals surface area contributed by atoms with Crippen LogP contribution in [0.3, 0.4) is 0 Å². The number of carboxylic acids is 1. The van der Waals surface area contributed by atoms with E-state index in [1.165, 1.54) is 0 Å². The quantitative estimate of drug-likeness (QED) is 0.788. The van der Waals surface area contributed by atoms with Crippen LogP contribution in [-0.4, -0.2) is 22.9 Å². The predicted molar refractivity (Wildman–Crippen MR) is 69.8 cm³/mol. The maximum atomic E-state index is 13.1. The minimum Gasteiger partial charge on any atom is -0.478 e. The van der Waals surface area contributed by atoms with Gasteiger partial charge in [-0.15, -0.1) is 0 Å². The molecule has 8 heteroatoms. The molecule has 1 rings (SSSR count). The highest BCUT2D eigenvalue weighted by Crippen LogP contribution is 2.39. The molecule has 0 aliphatic rings. The van der Waals surface area contributed by atoms with Crippen molar-refractivity contribution in [1.29, 1.82) is 0 Å². The van der Waals surface area contributed by atoms with Crippen molar-refractivity contribution in [3.8, 4) is 0 Å². The average molecular weight is 358 g/mol. The van der Waals surface area contributed by atoms with E-state index in [0.29, 0.717) is 17.6 Å². The summed E-state index contributed by atoms with van der Waals surface area (Å²) in [7, 11) is 1.08. The van der Waals surface area contributed by atoms with Gasteiger partial charge in [0.05, 0.1) is 10.2 Å². The highest BCUT2D eigenvalue weighted by molar-refractivity contribution is 9.10. The Morgan fingerprint density at radius 1 is 1.40 bits per heavy atom. The molecule has 4 nitrogen and oxygen atoms in total. The number of halogens is 4. The first-order chi connectivity index (χ1) is 9.25. The maximum absolute atomic E-state index is 13.1. The van der Waals surface area contributed by atoms with Gasteiger partial charge in [0.25, 0.3) is 0 Å². The largest absolute Gasteiger partial charge is 0.478 e. The van der Waals surface area contributed by atoms with E-state index in [1.54, 1.807) is 0 Å². The second-order valence-corrected chi connectivity index (χ2v) is 5.01. The fourth-order valence-corrected chi connectivity index (χ4v) is 2.70. The van der Waals surface area contributed by atoms with E-state index >= 15 is 0 Å².